The third-order valence-electron chi connectivity index (χ3n) is 1.32. The molecule has 1 rings (SSSR count). The zero-order chi connectivity index (χ0) is 8.97. The van der Waals surface area contributed by atoms with Crippen LogP contribution in [0.1, 0.15) is 0 Å². The van der Waals surface area contributed by atoms with Gasteiger partial charge in [0.25, 0.3) is 0 Å². The lowest BCUT2D eigenvalue weighted by atomic mass is 9.95. The van der Waals surface area contributed by atoms with E-state index in [-0.39, 0.29) is 19.0 Å². The van der Waals surface area contributed by atoms with Crippen molar-refractivity contribution in [1.29, 1.82) is 0 Å². The summed E-state index contributed by atoms with van der Waals surface area (Å²) in [5.41, 5.74) is 0.366. The van der Waals surface area contributed by atoms with Gasteiger partial charge in [0, 0.05) is 6.07 Å². The van der Waals surface area contributed by atoms with Gasteiger partial charge in [-0.2, -0.15) is 0 Å². The summed E-state index contributed by atoms with van der Waals surface area (Å²) in [6.45, 7) is 0.00358. The summed E-state index contributed by atoms with van der Waals surface area (Å²) >= 11 is 0. The quantitative estimate of drug-likeness (QED) is 0.640. The van der Waals surface area contributed by atoms with Crippen LogP contribution in [0.15, 0.2) is 18.2 Å². The smallest absolute Gasteiger partial charge is 0.126 e. The van der Waals surface area contributed by atoms with Crippen LogP contribution in [0.4, 0.5) is 4.39 Å². The summed E-state index contributed by atoms with van der Waals surface area (Å²) < 4.78 is 17.5. The number of hydrogen-bond acceptors (Lipinski definition) is 2. The zero-order valence-electron chi connectivity index (χ0n) is 6.46. The van der Waals surface area contributed by atoms with Crippen molar-refractivity contribution in [1.82, 2.24) is 0 Å². The van der Waals surface area contributed by atoms with Gasteiger partial charge in [0.15, 0.2) is 0 Å². The summed E-state index contributed by atoms with van der Waals surface area (Å²) in [7, 11) is 5.46. The Morgan fingerprint density at radius 3 is 2.92 bits per heavy atom. The van der Waals surface area contributed by atoms with E-state index in [0.717, 1.165) is 0 Å². The van der Waals surface area contributed by atoms with E-state index >= 15 is 0 Å². The second-order valence-corrected chi connectivity index (χ2v) is 2.25. The van der Waals surface area contributed by atoms with Gasteiger partial charge in [0.1, 0.15) is 26.0 Å². The number of ether oxygens (including phenoxy) is 1. The maximum absolute atomic E-state index is 12.6. The second kappa shape index (κ2) is 4.11. The molecule has 0 aliphatic heterocycles. The van der Waals surface area contributed by atoms with Crippen LogP contribution >= 0.6 is 0 Å². The van der Waals surface area contributed by atoms with Crippen LogP contribution in [-0.4, -0.2) is 26.2 Å². The van der Waals surface area contributed by atoms with Gasteiger partial charge in [-0.1, -0.05) is 11.5 Å². The van der Waals surface area contributed by atoms with Crippen LogP contribution in [0, 0.1) is 5.82 Å². The standard InChI is InChI=1S/C8H8BFO2/c9-7-2-1-6(10)5-8(7)12-4-3-11/h1-2,5,11H,3-4H2. The lowest BCUT2D eigenvalue weighted by molar-refractivity contribution is 0.202. The van der Waals surface area contributed by atoms with E-state index in [9.17, 15) is 4.39 Å². The molecule has 1 aromatic rings. The Labute approximate surface area is 71.4 Å². The lowest BCUT2D eigenvalue weighted by Gasteiger charge is -2.07. The highest BCUT2D eigenvalue weighted by Gasteiger charge is 1.99. The Morgan fingerprint density at radius 1 is 1.50 bits per heavy atom. The second-order valence-electron chi connectivity index (χ2n) is 2.25. The Morgan fingerprint density at radius 2 is 2.25 bits per heavy atom. The Hall–Kier alpha value is -1.03. The van der Waals surface area contributed by atoms with E-state index in [1.54, 1.807) is 0 Å². The number of hydrogen-bond donors (Lipinski definition) is 1. The molecular formula is C8H8BFO2. The average Bonchev–Trinajstić information content (AvgIpc) is 2.07. The normalized spacial score (nSPS) is 9.83. The first-order chi connectivity index (χ1) is 5.74. The first-order valence-electron chi connectivity index (χ1n) is 3.52. The lowest BCUT2D eigenvalue weighted by Crippen LogP contribution is -2.12. The predicted octanol–water partition coefficient (Wildman–Crippen LogP) is -0.00940. The van der Waals surface area contributed by atoms with Gasteiger partial charge in [-0.3, -0.25) is 0 Å². The van der Waals surface area contributed by atoms with Crippen molar-refractivity contribution < 1.29 is 14.2 Å². The number of aliphatic hydroxyl groups is 1. The van der Waals surface area contributed by atoms with Crippen molar-refractivity contribution in [2.75, 3.05) is 13.2 Å². The summed E-state index contributed by atoms with van der Waals surface area (Å²) in [6.07, 6.45) is 0. The first kappa shape index (κ1) is 9.07. The largest absolute Gasteiger partial charge is 0.492 e. The zero-order valence-corrected chi connectivity index (χ0v) is 6.46. The SMILES string of the molecule is [B]c1ccc(F)cc1OCCO. The van der Waals surface area contributed by atoms with Crippen molar-refractivity contribution >= 4 is 13.3 Å². The van der Waals surface area contributed by atoms with Crippen LogP contribution in [0.3, 0.4) is 0 Å². The molecule has 1 N–H and O–H groups in total. The van der Waals surface area contributed by atoms with Gasteiger partial charge < -0.3 is 9.84 Å². The molecule has 0 saturated heterocycles. The molecule has 12 heavy (non-hydrogen) atoms. The van der Waals surface area contributed by atoms with Crippen LogP contribution < -0.4 is 10.2 Å². The Bertz CT molecular complexity index is 265. The van der Waals surface area contributed by atoms with Gasteiger partial charge in [-0.25, -0.2) is 4.39 Å². The van der Waals surface area contributed by atoms with E-state index in [1.165, 1.54) is 18.2 Å². The fourth-order valence-electron chi connectivity index (χ4n) is 0.789. The van der Waals surface area contributed by atoms with Crippen LogP contribution in [0.2, 0.25) is 0 Å². The van der Waals surface area contributed by atoms with E-state index < -0.39 is 5.82 Å². The summed E-state index contributed by atoms with van der Waals surface area (Å²) in [5.74, 6) is -0.138. The van der Waals surface area contributed by atoms with E-state index in [4.69, 9.17) is 17.7 Å². The Balaban J connectivity index is 2.75. The van der Waals surface area contributed by atoms with Crippen LogP contribution in [0.25, 0.3) is 0 Å². The molecule has 2 radical (unpaired) electrons. The molecule has 0 spiro atoms. The molecular weight excluding hydrogens is 158 g/mol. The fourth-order valence-corrected chi connectivity index (χ4v) is 0.789. The summed E-state index contributed by atoms with van der Waals surface area (Å²) in [4.78, 5) is 0. The van der Waals surface area contributed by atoms with Gasteiger partial charge in [-0.05, 0) is 6.07 Å². The highest BCUT2D eigenvalue weighted by atomic mass is 19.1. The molecule has 0 heterocycles. The number of benzene rings is 1. The van der Waals surface area contributed by atoms with Gasteiger partial charge in [0.05, 0.1) is 6.61 Å². The van der Waals surface area contributed by atoms with Gasteiger partial charge in [-0.15, -0.1) is 0 Å². The number of halogens is 1. The molecule has 0 unspecified atom stereocenters. The molecule has 0 amide bonds. The first-order valence-corrected chi connectivity index (χ1v) is 3.52. The van der Waals surface area contributed by atoms with Crippen molar-refractivity contribution in [2.45, 2.75) is 0 Å². The monoisotopic (exact) mass is 166 g/mol. The number of aliphatic hydroxyl groups excluding tert-OH is 1. The van der Waals surface area contributed by atoms with E-state index in [2.05, 4.69) is 0 Å². The maximum atomic E-state index is 12.6. The van der Waals surface area contributed by atoms with Crippen LogP contribution in [-0.2, 0) is 0 Å². The molecule has 0 saturated carbocycles. The molecule has 0 fully saturated rings. The predicted molar refractivity (Wildman–Crippen MR) is 44.4 cm³/mol. The van der Waals surface area contributed by atoms with Crippen LogP contribution in [0.5, 0.6) is 5.75 Å². The highest BCUT2D eigenvalue weighted by molar-refractivity contribution is 6.34. The molecule has 0 aliphatic rings. The van der Waals surface area contributed by atoms with Crippen molar-refractivity contribution in [2.24, 2.45) is 0 Å². The highest BCUT2D eigenvalue weighted by Crippen LogP contribution is 2.08. The minimum Gasteiger partial charge on any atom is -0.492 e. The van der Waals surface area contributed by atoms with Crippen molar-refractivity contribution in [3.05, 3.63) is 24.0 Å². The topological polar surface area (TPSA) is 29.5 Å². The summed E-state index contributed by atoms with van der Waals surface area (Å²) in [5, 5.41) is 8.43. The summed E-state index contributed by atoms with van der Waals surface area (Å²) in [6, 6.07) is 3.86. The minimum absolute atomic E-state index is 0.115. The maximum Gasteiger partial charge on any atom is 0.126 e. The molecule has 62 valence electrons. The fraction of sp³-hybridized carbons (Fsp3) is 0.250. The Kier molecular flexibility index (Phi) is 3.11. The van der Waals surface area contributed by atoms with E-state index in [1.807, 2.05) is 0 Å². The minimum atomic E-state index is -0.405. The molecule has 0 atom stereocenters. The number of rotatable bonds is 3. The van der Waals surface area contributed by atoms with E-state index in [0.29, 0.717) is 5.46 Å². The molecule has 0 aliphatic carbocycles. The average molecular weight is 166 g/mol. The molecule has 1 aromatic carbocycles. The molecule has 2 nitrogen and oxygen atoms in total. The third-order valence-corrected chi connectivity index (χ3v) is 1.32. The van der Waals surface area contributed by atoms with Crippen molar-refractivity contribution in [3.63, 3.8) is 0 Å². The molecule has 4 heteroatoms. The van der Waals surface area contributed by atoms with Crippen molar-refractivity contribution in [3.8, 4) is 5.75 Å². The van der Waals surface area contributed by atoms with Gasteiger partial charge >= 0.3 is 0 Å². The third kappa shape index (κ3) is 2.24. The molecule has 0 bridgehead atoms. The molecule has 0 aromatic heterocycles. The van der Waals surface area contributed by atoms with Gasteiger partial charge in [0.2, 0.25) is 0 Å².